The Hall–Kier alpha value is -4.98. The van der Waals surface area contributed by atoms with Crippen molar-refractivity contribution in [3.63, 3.8) is 0 Å². The van der Waals surface area contributed by atoms with Crippen LogP contribution in [-0.2, 0) is 14.8 Å². The van der Waals surface area contributed by atoms with Crippen LogP contribution in [0.5, 0.6) is 5.75 Å². The zero-order chi connectivity index (χ0) is 31.8. The van der Waals surface area contributed by atoms with E-state index in [0.29, 0.717) is 50.7 Å². The third-order valence-electron chi connectivity index (χ3n) is 7.69. The van der Waals surface area contributed by atoms with E-state index in [2.05, 4.69) is 10.1 Å². The summed E-state index contributed by atoms with van der Waals surface area (Å²) in [5, 5.41) is 9.26. The van der Waals surface area contributed by atoms with Crippen molar-refractivity contribution in [3.05, 3.63) is 106 Å². The van der Waals surface area contributed by atoms with Gasteiger partial charge in [-0.25, -0.2) is 13.1 Å². The summed E-state index contributed by atoms with van der Waals surface area (Å²) in [6, 6.07) is 23.2. The van der Waals surface area contributed by atoms with Gasteiger partial charge in [-0.2, -0.15) is 18.9 Å². The van der Waals surface area contributed by atoms with Crippen molar-refractivity contribution in [2.75, 3.05) is 13.1 Å². The summed E-state index contributed by atoms with van der Waals surface area (Å²) in [4.78, 5) is 30.3. The number of carbonyl (C=O) groups is 1. The monoisotopic (exact) mass is 652 g/mol. The minimum atomic E-state index is -3.58. The molecule has 0 unspecified atom stereocenters. The fourth-order valence-electron chi connectivity index (χ4n) is 5.45. The first-order chi connectivity index (χ1) is 22.3. The van der Waals surface area contributed by atoms with Gasteiger partial charge in [-0.15, -0.1) is 5.10 Å². The van der Waals surface area contributed by atoms with Gasteiger partial charge in [0.2, 0.25) is 15.0 Å². The van der Waals surface area contributed by atoms with Gasteiger partial charge in [-0.05, 0) is 55.3 Å². The Bertz CT molecular complexity index is 2290. The Balaban J connectivity index is 1.29. The Kier molecular flexibility index (Phi) is 7.80. The molecule has 4 heterocycles. The van der Waals surface area contributed by atoms with Crippen molar-refractivity contribution < 1.29 is 17.9 Å². The number of rotatable bonds is 7. The highest BCUT2D eigenvalue weighted by molar-refractivity contribution is 7.89. The normalized spacial score (nSPS) is 14.6. The Morgan fingerprint density at radius 2 is 1.63 bits per heavy atom. The Labute approximate surface area is 268 Å². The van der Waals surface area contributed by atoms with Crippen LogP contribution in [0.1, 0.15) is 31.7 Å². The maximum atomic E-state index is 13.5. The smallest absolute Gasteiger partial charge is 0.308 e. The second kappa shape index (κ2) is 12.1. The molecule has 1 aliphatic rings. The lowest BCUT2D eigenvalue weighted by Gasteiger charge is -2.25. The summed E-state index contributed by atoms with van der Waals surface area (Å²) in [6.45, 7) is 2.37. The van der Waals surface area contributed by atoms with Crippen LogP contribution in [-0.4, -0.2) is 56.2 Å². The largest absolute Gasteiger partial charge is 0.426 e. The number of sulfonamides is 1. The van der Waals surface area contributed by atoms with Crippen LogP contribution >= 0.6 is 11.3 Å². The van der Waals surface area contributed by atoms with Crippen LogP contribution in [0, 0.1) is 0 Å². The quantitative estimate of drug-likeness (QED) is 0.184. The fourth-order valence-corrected chi connectivity index (χ4v) is 7.87. The van der Waals surface area contributed by atoms with E-state index in [1.807, 2.05) is 36.5 Å². The molecular formula is C33H28N6O5S2. The minimum absolute atomic E-state index is 0.240. The van der Waals surface area contributed by atoms with Gasteiger partial charge in [0, 0.05) is 37.3 Å². The minimum Gasteiger partial charge on any atom is -0.426 e. The number of para-hydroxylation sites is 2. The highest BCUT2D eigenvalue weighted by Gasteiger charge is 2.26. The summed E-state index contributed by atoms with van der Waals surface area (Å²) >= 11 is 1.18. The SMILES string of the molecule is CC(=O)Oc1ccccc1-c1nc2sc(=Cc3cn(-c4ccccc4)nc3-c3ccc(S(=O)(=O)N4CCCCC4)cc3)c(=O)n2n1. The van der Waals surface area contributed by atoms with Gasteiger partial charge in [0.15, 0.2) is 5.82 Å². The predicted octanol–water partition coefficient (Wildman–Crippen LogP) is 4.32. The Morgan fingerprint density at radius 3 is 2.35 bits per heavy atom. The molecule has 1 fully saturated rings. The van der Waals surface area contributed by atoms with Crippen LogP contribution in [0.4, 0.5) is 0 Å². The highest BCUT2D eigenvalue weighted by atomic mass is 32.2. The maximum absolute atomic E-state index is 13.5. The number of nitrogens with zero attached hydrogens (tertiary/aromatic N) is 6. The average molecular weight is 653 g/mol. The molecule has 13 heteroatoms. The van der Waals surface area contributed by atoms with Crippen LogP contribution in [0.15, 0.2) is 94.7 Å². The highest BCUT2D eigenvalue weighted by Crippen LogP contribution is 2.29. The van der Waals surface area contributed by atoms with Gasteiger partial charge >= 0.3 is 5.97 Å². The van der Waals surface area contributed by atoms with Gasteiger partial charge in [-0.1, -0.05) is 60.2 Å². The molecule has 0 saturated carbocycles. The fraction of sp³-hybridized carbons (Fsp3) is 0.182. The second-order valence-electron chi connectivity index (χ2n) is 10.8. The lowest BCUT2D eigenvalue weighted by molar-refractivity contribution is -0.131. The first kappa shape index (κ1) is 29.7. The van der Waals surface area contributed by atoms with Crippen molar-refractivity contribution in [2.45, 2.75) is 31.1 Å². The second-order valence-corrected chi connectivity index (χ2v) is 13.8. The molecule has 0 atom stereocenters. The first-order valence-electron chi connectivity index (χ1n) is 14.7. The van der Waals surface area contributed by atoms with E-state index in [4.69, 9.17) is 9.84 Å². The molecule has 7 rings (SSSR count). The van der Waals surface area contributed by atoms with Crippen molar-refractivity contribution >= 4 is 38.4 Å². The summed E-state index contributed by atoms with van der Waals surface area (Å²) in [6.07, 6.45) is 6.34. The standard InChI is InChI=1S/C33H28N6O5S2/c1-22(40)44-28-13-7-6-12-27(28)31-34-33-39(36-31)32(41)29(45-33)20-24-21-38(25-10-4-2-5-11-25)35-30(24)23-14-16-26(17-15-23)46(42,43)37-18-8-3-9-19-37/h2,4-7,10-17,20-21H,3,8-9,18-19H2,1H3. The number of thiazole rings is 1. The van der Waals surface area contributed by atoms with Crippen LogP contribution < -0.4 is 14.8 Å². The van der Waals surface area contributed by atoms with Gasteiger partial charge in [0.05, 0.1) is 26.4 Å². The summed E-state index contributed by atoms with van der Waals surface area (Å²) < 4.78 is 36.7. The molecule has 0 spiro atoms. The van der Waals surface area contributed by atoms with E-state index >= 15 is 0 Å². The molecule has 3 aromatic heterocycles. The van der Waals surface area contributed by atoms with Gasteiger partial charge in [-0.3, -0.25) is 9.59 Å². The van der Waals surface area contributed by atoms with Gasteiger partial charge in [0.1, 0.15) is 5.75 Å². The maximum Gasteiger partial charge on any atom is 0.308 e. The molecule has 232 valence electrons. The van der Waals surface area contributed by atoms with Crippen LogP contribution in [0.2, 0.25) is 0 Å². The topological polar surface area (TPSA) is 129 Å². The zero-order valence-corrected chi connectivity index (χ0v) is 26.4. The summed E-state index contributed by atoms with van der Waals surface area (Å²) in [5.74, 6) is 0.101. The molecular weight excluding hydrogens is 625 g/mol. The number of fused-ring (bicyclic) bond motifs is 1. The number of carbonyl (C=O) groups excluding carboxylic acids is 1. The third kappa shape index (κ3) is 5.64. The van der Waals surface area contributed by atoms with Crippen molar-refractivity contribution in [2.24, 2.45) is 0 Å². The summed E-state index contributed by atoms with van der Waals surface area (Å²) in [5.41, 5.74) is 2.92. The number of esters is 1. The van der Waals surface area contributed by atoms with E-state index in [-0.39, 0.29) is 16.3 Å². The van der Waals surface area contributed by atoms with Crippen molar-refractivity contribution in [1.82, 2.24) is 28.7 Å². The van der Waals surface area contributed by atoms with E-state index in [0.717, 1.165) is 24.9 Å². The molecule has 6 aromatic rings. The number of aromatic nitrogens is 5. The molecule has 46 heavy (non-hydrogen) atoms. The van der Waals surface area contributed by atoms with Crippen molar-refractivity contribution in [3.8, 4) is 34.1 Å². The number of hydrogen-bond acceptors (Lipinski definition) is 9. The molecule has 3 aromatic carbocycles. The first-order valence-corrected chi connectivity index (χ1v) is 17.0. The molecule has 0 bridgehead atoms. The van der Waals surface area contributed by atoms with E-state index < -0.39 is 16.0 Å². The third-order valence-corrected chi connectivity index (χ3v) is 10.6. The molecule has 0 radical (unpaired) electrons. The zero-order valence-electron chi connectivity index (χ0n) is 24.7. The van der Waals surface area contributed by atoms with Gasteiger partial charge in [0.25, 0.3) is 5.56 Å². The van der Waals surface area contributed by atoms with Gasteiger partial charge < -0.3 is 4.74 Å². The number of piperidine rings is 1. The summed E-state index contributed by atoms with van der Waals surface area (Å²) in [7, 11) is -3.58. The van der Waals surface area contributed by atoms with E-state index in [9.17, 15) is 18.0 Å². The number of ether oxygens (including phenoxy) is 1. The average Bonchev–Trinajstić information content (AvgIpc) is 3.77. The molecule has 0 N–H and O–H groups in total. The van der Waals surface area contributed by atoms with E-state index in [1.165, 1.54) is 22.8 Å². The number of benzene rings is 3. The Morgan fingerprint density at radius 1 is 0.913 bits per heavy atom. The molecule has 1 saturated heterocycles. The van der Waals surface area contributed by atoms with Crippen molar-refractivity contribution in [1.29, 1.82) is 0 Å². The molecule has 0 amide bonds. The molecule has 1 aliphatic heterocycles. The molecule has 0 aliphatic carbocycles. The van der Waals surface area contributed by atoms with Crippen LogP contribution in [0.25, 0.3) is 39.4 Å². The number of hydrogen-bond donors (Lipinski definition) is 0. The lowest BCUT2D eigenvalue weighted by atomic mass is 10.1. The lowest BCUT2D eigenvalue weighted by Crippen LogP contribution is -2.35. The molecule has 11 nitrogen and oxygen atoms in total. The predicted molar refractivity (Wildman–Crippen MR) is 174 cm³/mol. The van der Waals surface area contributed by atoms with E-state index in [1.54, 1.807) is 63.6 Å². The van der Waals surface area contributed by atoms with Crippen LogP contribution in [0.3, 0.4) is 0 Å².